The smallest absolute Gasteiger partial charge is 0.396 e. The lowest BCUT2D eigenvalue weighted by molar-refractivity contribution is 0.0499. The van der Waals surface area contributed by atoms with E-state index in [0.717, 1.165) is 0 Å². The molecule has 0 aliphatic heterocycles. The van der Waals surface area contributed by atoms with Gasteiger partial charge in [0, 0.05) is 13.0 Å². The van der Waals surface area contributed by atoms with Crippen molar-refractivity contribution in [3.63, 3.8) is 0 Å². The summed E-state index contributed by atoms with van der Waals surface area (Å²) in [6.45, 7) is 3.04. The zero-order valence-electron chi connectivity index (χ0n) is 7.15. The fraction of sp³-hybridized carbons (Fsp3) is 1.00. The van der Waals surface area contributed by atoms with Crippen LogP contribution in [0.5, 0.6) is 0 Å². The molecule has 74 valence electrons. The second kappa shape index (κ2) is 4.18. The first kappa shape index (κ1) is 11.8. The second-order valence-electron chi connectivity index (χ2n) is 2.79. The molecule has 0 aromatic heterocycles. The van der Waals surface area contributed by atoms with E-state index in [1.807, 2.05) is 0 Å². The molecule has 0 spiro atoms. The van der Waals surface area contributed by atoms with Gasteiger partial charge in [0.25, 0.3) is 0 Å². The summed E-state index contributed by atoms with van der Waals surface area (Å²) in [7, 11) is -4.43. The average Bonchev–Trinajstić information content (AvgIpc) is 1.84. The van der Waals surface area contributed by atoms with E-state index in [1.165, 1.54) is 6.92 Å². The first-order chi connectivity index (χ1) is 5.33. The van der Waals surface area contributed by atoms with Gasteiger partial charge in [-0.3, -0.25) is 4.55 Å². The van der Waals surface area contributed by atoms with E-state index in [0.29, 0.717) is 6.42 Å². The molecule has 0 aliphatic rings. The number of aliphatic hydroxyl groups is 1. The maximum Gasteiger partial charge on any atom is 0.397 e. The topological polar surface area (TPSA) is 83.8 Å². The molecule has 1 unspecified atom stereocenters. The normalized spacial score (nSPS) is 17.3. The molecule has 0 aromatic carbocycles. The fourth-order valence-electron chi connectivity index (χ4n) is 0.768. The van der Waals surface area contributed by atoms with Crippen LogP contribution in [0.4, 0.5) is 0 Å². The van der Waals surface area contributed by atoms with Crippen LogP contribution in [-0.2, 0) is 14.6 Å². The van der Waals surface area contributed by atoms with Gasteiger partial charge in [-0.2, -0.15) is 8.42 Å². The van der Waals surface area contributed by atoms with Crippen molar-refractivity contribution in [1.82, 2.24) is 0 Å². The van der Waals surface area contributed by atoms with E-state index in [4.69, 9.17) is 9.66 Å². The zero-order valence-corrected chi connectivity index (χ0v) is 7.97. The molecule has 5 nitrogen and oxygen atoms in total. The van der Waals surface area contributed by atoms with Crippen LogP contribution in [0.3, 0.4) is 0 Å². The summed E-state index contributed by atoms with van der Waals surface area (Å²) in [5.41, 5.74) is -1.01. The lowest BCUT2D eigenvalue weighted by Gasteiger charge is -2.24. The van der Waals surface area contributed by atoms with Crippen LogP contribution < -0.4 is 0 Å². The molecule has 0 bridgehead atoms. The summed E-state index contributed by atoms with van der Waals surface area (Å²) in [5, 5.41) is 8.57. The van der Waals surface area contributed by atoms with Gasteiger partial charge in [-0.15, -0.1) is 0 Å². The highest BCUT2D eigenvalue weighted by molar-refractivity contribution is 7.80. The molecular weight excluding hydrogens is 184 g/mol. The largest absolute Gasteiger partial charge is 0.397 e. The number of hydrogen-bond donors (Lipinski definition) is 2. The minimum atomic E-state index is -4.43. The van der Waals surface area contributed by atoms with Crippen molar-refractivity contribution in [2.24, 2.45) is 0 Å². The molecule has 0 saturated carbocycles. The third kappa shape index (κ3) is 4.66. The summed E-state index contributed by atoms with van der Waals surface area (Å²) >= 11 is 0. The van der Waals surface area contributed by atoms with Crippen molar-refractivity contribution in [3.05, 3.63) is 0 Å². The highest BCUT2D eigenvalue weighted by atomic mass is 32.3. The van der Waals surface area contributed by atoms with Crippen molar-refractivity contribution >= 4 is 10.4 Å². The summed E-state index contributed by atoms with van der Waals surface area (Å²) in [6.07, 6.45) is 0.566. The third-order valence-electron chi connectivity index (χ3n) is 1.70. The Morgan fingerprint density at radius 2 is 2.00 bits per heavy atom. The van der Waals surface area contributed by atoms with Crippen LogP contribution in [0.25, 0.3) is 0 Å². The highest BCUT2D eigenvalue weighted by Gasteiger charge is 2.28. The molecular formula is C6H14O5S. The molecule has 0 aliphatic carbocycles. The van der Waals surface area contributed by atoms with Gasteiger partial charge in [0.15, 0.2) is 0 Å². The first-order valence-corrected chi connectivity index (χ1v) is 4.98. The van der Waals surface area contributed by atoms with E-state index in [2.05, 4.69) is 4.18 Å². The van der Waals surface area contributed by atoms with Gasteiger partial charge in [-0.05, 0) is 13.3 Å². The summed E-state index contributed by atoms with van der Waals surface area (Å²) in [4.78, 5) is 0. The minimum Gasteiger partial charge on any atom is -0.396 e. The van der Waals surface area contributed by atoms with Crippen LogP contribution >= 0.6 is 0 Å². The number of hydrogen-bond acceptors (Lipinski definition) is 4. The predicted molar refractivity (Wildman–Crippen MR) is 43.0 cm³/mol. The van der Waals surface area contributed by atoms with Gasteiger partial charge in [0.05, 0.1) is 5.60 Å². The van der Waals surface area contributed by atoms with Gasteiger partial charge < -0.3 is 5.11 Å². The van der Waals surface area contributed by atoms with E-state index in [1.54, 1.807) is 6.92 Å². The second-order valence-corrected chi connectivity index (χ2v) is 3.81. The van der Waals surface area contributed by atoms with Crippen LogP contribution in [-0.4, -0.2) is 30.3 Å². The van der Waals surface area contributed by atoms with Crippen molar-refractivity contribution in [3.8, 4) is 0 Å². The average molecular weight is 198 g/mol. The highest BCUT2D eigenvalue weighted by Crippen LogP contribution is 2.21. The lowest BCUT2D eigenvalue weighted by atomic mass is 10.0. The van der Waals surface area contributed by atoms with Crippen molar-refractivity contribution in [2.75, 3.05) is 6.61 Å². The summed E-state index contributed by atoms with van der Waals surface area (Å²) in [6, 6.07) is 0. The van der Waals surface area contributed by atoms with Crippen LogP contribution in [0.2, 0.25) is 0 Å². The Balaban J connectivity index is 4.34. The fourth-order valence-corrected chi connectivity index (χ4v) is 1.48. The van der Waals surface area contributed by atoms with Gasteiger partial charge in [-0.1, -0.05) is 6.92 Å². The van der Waals surface area contributed by atoms with Gasteiger partial charge in [0.2, 0.25) is 0 Å². The third-order valence-corrected chi connectivity index (χ3v) is 2.31. The standard InChI is InChI=1S/C6H14O5S/c1-3-6(2,4-5-7)11-12(8,9)10/h7H,3-5H2,1-2H3,(H,8,9,10). The van der Waals surface area contributed by atoms with Crippen LogP contribution in [0.15, 0.2) is 0 Å². The molecule has 6 heteroatoms. The molecule has 1 atom stereocenters. The summed E-state index contributed by atoms with van der Waals surface area (Å²) in [5.74, 6) is 0. The Morgan fingerprint density at radius 3 is 2.25 bits per heavy atom. The molecule has 0 heterocycles. The first-order valence-electron chi connectivity index (χ1n) is 3.62. The molecule has 12 heavy (non-hydrogen) atoms. The molecule has 0 aromatic rings. The Kier molecular flexibility index (Phi) is 4.12. The van der Waals surface area contributed by atoms with E-state index in [9.17, 15) is 8.42 Å². The lowest BCUT2D eigenvalue weighted by Crippen LogP contribution is -2.31. The Labute approximate surface area is 72.3 Å². The predicted octanol–water partition coefficient (Wildman–Crippen LogP) is 0.357. The summed E-state index contributed by atoms with van der Waals surface area (Å²) < 4.78 is 33.4. The van der Waals surface area contributed by atoms with Crippen molar-refractivity contribution < 1.29 is 22.3 Å². The number of rotatable bonds is 5. The van der Waals surface area contributed by atoms with E-state index >= 15 is 0 Å². The molecule has 0 rings (SSSR count). The van der Waals surface area contributed by atoms with Crippen molar-refractivity contribution in [2.45, 2.75) is 32.3 Å². The Bertz CT molecular complexity index is 222. The van der Waals surface area contributed by atoms with Gasteiger partial charge >= 0.3 is 10.4 Å². The minimum absolute atomic E-state index is 0.170. The van der Waals surface area contributed by atoms with Gasteiger partial charge in [-0.25, -0.2) is 4.18 Å². The molecule has 0 saturated heterocycles. The molecule has 2 N–H and O–H groups in total. The SMILES string of the molecule is CCC(C)(CCO)OS(=O)(=O)O. The zero-order chi connectivity index (χ0) is 9.83. The Hall–Kier alpha value is -0.170. The maximum atomic E-state index is 10.3. The van der Waals surface area contributed by atoms with E-state index in [-0.39, 0.29) is 13.0 Å². The van der Waals surface area contributed by atoms with Crippen LogP contribution in [0.1, 0.15) is 26.7 Å². The molecule has 0 amide bonds. The van der Waals surface area contributed by atoms with Crippen molar-refractivity contribution in [1.29, 1.82) is 0 Å². The molecule has 0 radical (unpaired) electrons. The molecule has 0 fully saturated rings. The number of aliphatic hydroxyl groups excluding tert-OH is 1. The Morgan fingerprint density at radius 1 is 1.50 bits per heavy atom. The van der Waals surface area contributed by atoms with Gasteiger partial charge in [0.1, 0.15) is 0 Å². The maximum absolute atomic E-state index is 10.3. The monoisotopic (exact) mass is 198 g/mol. The van der Waals surface area contributed by atoms with Crippen LogP contribution in [0, 0.1) is 0 Å². The van der Waals surface area contributed by atoms with E-state index < -0.39 is 16.0 Å². The quantitative estimate of drug-likeness (QED) is 0.623.